The van der Waals surface area contributed by atoms with E-state index < -0.39 is 0 Å². The highest BCUT2D eigenvalue weighted by molar-refractivity contribution is 7.23. The van der Waals surface area contributed by atoms with Gasteiger partial charge < -0.3 is 19.7 Å². The average Bonchev–Trinajstić information content (AvgIpc) is 3.53. The molecule has 3 heterocycles. The molecule has 2 amide bonds. The van der Waals surface area contributed by atoms with Gasteiger partial charge >= 0.3 is 6.09 Å². The third-order valence-corrected chi connectivity index (χ3v) is 8.92. The summed E-state index contributed by atoms with van der Waals surface area (Å²) in [6.45, 7) is 5.48. The van der Waals surface area contributed by atoms with Gasteiger partial charge in [0, 0.05) is 17.0 Å². The lowest BCUT2D eigenvalue weighted by molar-refractivity contribution is 0.102. The van der Waals surface area contributed by atoms with Crippen LogP contribution in [0.4, 0.5) is 9.80 Å². The third kappa shape index (κ3) is 4.72. The highest BCUT2D eigenvalue weighted by Crippen LogP contribution is 2.46. The number of benzene rings is 3. The normalized spacial score (nSPS) is 12.9. The maximum atomic E-state index is 14.0. The summed E-state index contributed by atoms with van der Waals surface area (Å²) in [5, 5.41) is 6.60. The van der Waals surface area contributed by atoms with E-state index in [0.717, 1.165) is 47.0 Å². The van der Waals surface area contributed by atoms with Crippen molar-refractivity contribution in [2.24, 2.45) is 0 Å². The van der Waals surface area contributed by atoms with Crippen LogP contribution < -0.4 is 10.1 Å². The van der Waals surface area contributed by atoms with Gasteiger partial charge in [-0.1, -0.05) is 42.5 Å². The van der Waals surface area contributed by atoms with Gasteiger partial charge in [-0.15, -0.1) is 22.7 Å². The average molecular weight is 558 g/mol. The number of anilines is 1. The maximum Gasteiger partial charge on any atom is 0.410 e. The van der Waals surface area contributed by atoms with Crippen LogP contribution in [0.5, 0.6) is 5.75 Å². The number of nitrogens with zero attached hydrogens (tertiary/aromatic N) is 2. The lowest BCUT2D eigenvalue weighted by Gasteiger charge is -2.26. The molecule has 0 radical (unpaired) electrons. The number of thiazole rings is 1. The Morgan fingerprint density at radius 3 is 2.64 bits per heavy atom. The molecule has 0 saturated heterocycles. The largest absolute Gasteiger partial charge is 0.493 e. The molecular formula is C30H27N3O4S2. The first-order chi connectivity index (χ1) is 19.1. The van der Waals surface area contributed by atoms with E-state index in [2.05, 4.69) is 11.4 Å². The SMILES string of the molecule is CCOC(=O)N1CCc2c(sc(NC(=O)c3c(OCC)ccc4ccccc34)c2-c2nc3ccccc3s2)C1. The number of hydrogen-bond acceptors (Lipinski definition) is 7. The Morgan fingerprint density at radius 1 is 1.00 bits per heavy atom. The van der Waals surface area contributed by atoms with Gasteiger partial charge in [0.2, 0.25) is 0 Å². The van der Waals surface area contributed by atoms with E-state index in [9.17, 15) is 9.59 Å². The van der Waals surface area contributed by atoms with Crippen LogP contribution in [-0.4, -0.2) is 41.6 Å². The van der Waals surface area contributed by atoms with Crippen LogP contribution in [0.1, 0.15) is 34.6 Å². The number of hydrogen-bond donors (Lipinski definition) is 1. The number of rotatable bonds is 6. The summed E-state index contributed by atoms with van der Waals surface area (Å²) in [6, 6.07) is 19.7. The molecule has 0 aliphatic carbocycles. The summed E-state index contributed by atoms with van der Waals surface area (Å²) < 4.78 is 12.2. The fraction of sp³-hybridized carbons (Fsp3) is 0.233. The zero-order chi connectivity index (χ0) is 26.9. The second-order valence-corrected chi connectivity index (χ2v) is 11.2. The molecule has 198 valence electrons. The fourth-order valence-corrected chi connectivity index (χ4v) is 7.36. The first kappa shape index (κ1) is 25.3. The number of para-hydroxylation sites is 1. The Balaban J connectivity index is 1.45. The minimum Gasteiger partial charge on any atom is -0.493 e. The van der Waals surface area contributed by atoms with Gasteiger partial charge in [0.15, 0.2) is 0 Å². The van der Waals surface area contributed by atoms with Crippen LogP contribution in [-0.2, 0) is 17.7 Å². The van der Waals surface area contributed by atoms with Crippen LogP contribution >= 0.6 is 22.7 Å². The first-order valence-corrected chi connectivity index (χ1v) is 14.6. The van der Waals surface area contributed by atoms with E-state index in [1.54, 1.807) is 23.2 Å². The predicted molar refractivity (Wildman–Crippen MR) is 157 cm³/mol. The number of ether oxygens (including phenoxy) is 2. The van der Waals surface area contributed by atoms with E-state index >= 15 is 0 Å². The van der Waals surface area contributed by atoms with Crippen LogP contribution in [0.3, 0.4) is 0 Å². The van der Waals surface area contributed by atoms with Crippen molar-refractivity contribution in [2.45, 2.75) is 26.8 Å². The molecule has 0 atom stereocenters. The molecule has 1 N–H and O–H groups in total. The molecule has 7 nitrogen and oxygen atoms in total. The summed E-state index contributed by atoms with van der Waals surface area (Å²) in [7, 11) is 0. The summed E-state index contributed by atoms with van der Waals surface area (Å²) in [6.07, 6.45) is 0.338. The molecule has 9 heteroatoms. The molecule has 5 aromatic rings. The molecule has 1 aliphatic rings. The number of carbonyl (C=O) groups is 2. The topological polar surface area (TPSA) is 80.8 Å². The van der Waals surface area contributed by atoms with Crippen LogP contribution in [0, 0.1) is 0 Å². The smallest absolute Gasteiger partial charge is 0.410 e. The van der Waals surface area contributed by atoms with Crippen molar-refractivity contribution < 1.29 is 19.1 Å². The van der Waals surface area contributed by atoms with E-state index in [-0.39, 0.29) is 12.0 Å². The molecular weight excluding hydrogens is 530 g/mol. The number of fused-ring (bicyclic) bond motifs is 3. The van der Waals surface area contributed by atoms with E-state index in [1.165, 1.54) is 11.3 Å². The molecule has 0 spiro atoms. The molecule has 0 fully saturated rings. The molecule has 0 unspecified atom stereocenters. The van der Waals surface area contributed by atoms with Gasteiger partial charge in [0.05, 0.1) is 35.5 Å². The lowest BCUT2D eigenvalue weighted by Crippen LogP contribution is -2.35. The highest BCUT2D eigenvalue weighted by Gasteiger charge is 2.30. The summed E-state index contributed by atoms with van der Waals surface area (Å²) in [4.78, 5) is 34.1. The zero-order valence-electron chi connectivity index (χ0n) is 21.7. The summed E-state index contributed by atoms with van der Waals surface area (Å²) >= 11 is 3.11. The second kappa shape index (κ2) is 10.7. The Bertz CT molecular complexity index is 1670. The highest BCUT2D eigenvalue weighted by atomic mass is 32.1. The second-order valence-electron chi connectivity index (χ2n) is 9.11. The van der Waals surface area contributed by atoms with Gasteiger partial charge in [0.1, 0.15) is 15.8 Å². The van der Waals surface area contributed by atoms with E-state index in [0.29, 0.717) is 44.0 Å². The number of carbonyl (C=O) groups excluding carboxylic acids is 2. The minimum atomic E-state index is -0.319. The monoisotopic (exact) mass is 557 g/mol. The van der Waals surface area contributed by atoms with Gasteiger partial charge in [-0.05, 0) is 54.8 Å². The van der Waals surface area contributed by atoms with Crippen LogP contribution in [0.15, 0.2) is 60.7 Å². The fourth-order valence-electron chi connectivity index (χ4n) is 4.99. The zero-order valence-corrected chi connectivity index (χ0v) is 23.3. The number of nitrogens with one attached hydrogen (secondary N) is 1. The van der Waals surface area contributed by atoms with Crippen molar-refractivity contribution in [2.75, 3.05) is 25.1 Å². The van der Waals surface area contributed by atoms with Gasteiger partial charge in [-0.2, -0.15) is 0 Å². The van der Waals surface area contributed by atoms with Crippen molar-refractivity contribution in [3.05, 3.63) is 76.7 Å². The predicted octanol–water partition coefficient (Wildman–Crippen LogP) is 7.34. The number of aromatic nitrogens is 1. The van der Waals surface area contributed by atoms with Gasteiger partial charge in [-0.3, -0.25) is 4.79 Å². The van der Waals surface area contributed by atoms with Gasteiger partial charge in [-0.25, -0.2) is 9.78 Å². The number of thiophene rings is 1. The molecule has 0 saturated carbocycles. The van der Waals surface area contributed by atoms with E-state index in [4.69, 9.17) is 14.5 Å². The minimum absolute atomic E-state index is 0.238. The van der Waals surface area contributed by atoms with Crippen molar-refractivity contribution in [3.63, 3.8) is 0 Å². The Hall–Kier alpha value is -3.95. The number of amides is 2. The Kier molecular flexibility index (Phi) is 6.93. The molecule has 6 rings (SSSR count). The van der Waals surface area contributed by atoms with Crippen LogP contribution in [0.2, 0.25) is 0 Å². The quantitative estimate of drug-likeness (QED) is 0.236. The maximum absolute atomic E-state index is 14.0. The Labute approximate surface area is 234 Å². The van der Waals surface area contributed by atoms with E-state index in [1.807, 2.05) is 61.5 Å². The molecule has 2 aromatic heterocycles. The first-order valence-electron chi connectivity index (χ1n) is 13.0. The van der Waals surface area contributed by atoms with Crippen molar-refractivity contribution >= 4 is 60.7 Å². The molecule has 1 aliphatic heterocycles. The molecule has 39 heavy (non-hydrogen) atoms. The standard InChI is InChI=1S/C30H27N3O4S2/c1-3-36-22-14-13-18-9-5-6-10-19(18)25(22)27(34)32-29-26(28-31-21-11-7-8-12-23(21)38-28)20-15-16-33(17-24(20)39-29)30(35)37-4-2/h5-14H,3-4,15-17H2,1-2H3,(H,32,34). The summed E-state index contributed by atoms with van der Waals surface area (Å²) in [5.74, 6) is 0.309. The van der Waals surface area contributed by atoms with Crippen molar-refractivity contribution in [3.8, 4) is 16.3 Å². The molecule has 3 aromatic carbocycles. The third-order valence-electron chi connectivity index (χ3n) is 6.74. The van der Waals surface area contributed by atoms with Crippen LogP contribution in [0.25, 0.3) is 31.6 Å². The van der Waals surface area contributed by atoms with Gasteiger partial charge in [0.25, 0.3) is 5.91 Å². The van der Waals surface area contributed by atoms with Crippen molar-refractivity contribution in [1.29, 1.82) is 0 Å². The Morgan fingerprint density at radius 2 is 1.82 bits per heavy atom. The molecule has 0 bridgehead atoms. The van der Waals surface area contributed by atoms with Crippen molar-refractivity contribution in [1.82, 2.24) is 9.88 Å². The summed E-state index contributed by atoms with van der Waals surface area (Å²) in [5.41, 5.74) is 3.49. The lowest BCUT2D eigenvalue weighted by atomic mass is 10.0.